The summed E-state index contributed by atoms with van der Waals surface area (Å²) >= 11 is 6.20. The number of hydrogen-bond acceptors (Lipinski definition) is 3. The summed E-state index contributed by atoms with van der Waals surface area (Å²) in [6.45, 7) is 8.98. The number of benzene rings is 1. The third-order valence-corrected chi connectivity index (χ3v) is 3.90. The molecule has 0 aliphatic heterocycles. The van der Waals surface area contributed by atoms with Gasteiger partial charge in [-0.2, -0.15) is 0 Å². The van der Waals surface area contributed by atoms with Crippen molar-refractivity contribution in [3.8, 4) is 5.75 Å². The molecule has 5 heteroatoms. The van der Waals surface area contributed by atoms with E-state index in [2.05, 4.69) is 12.2 Å². The van der Waals surface area contributed by atoms with Crippen LogP contribution in [0.25, 0.3) is 0 Å². The summed E-state index contributed by atoms with van der Waals surface area (Å²) in [6.07, 6.45) is 3.56. The largest absolute Gasteiger partial charge is 0.492 e. The zero-order valence-corrected chi connectivity index (χ0v) is 15.3. The van der Waals surface area contributed by atoms with E-state index in [4.69, 9.17) is 21.1 Å². The Balaban J connectivity index is 2.79. The van der Waals surface area contributed by atoms with Gasteiger partial charge in [-0.3, -0.25) is 4.79 Å². The van der Waals surface area contributed by atoms with Gasteiger partial charge in [0.2, 0.25) is 0 Å². The summed E-state index contributed by atoms with van der Waals surface area (Å²) in [7, 11) is 0. The minimum absolute atomic E-state index is 0.147. The Morgan fingerprint density at radius 1 is 1.26 bits per heavy atom. The Bertz CT molecular complexity index is 507. The number of halogens is 1. The predicted molar refractivity (Wildman–Crippen MR) is 95.4 cm³/mol. The standard InChI is InChI=1S/C18H28ClNO3/c1-5-8-11-18(4,23-7-3)17(21)20-14-9-10-16(15(19)13-14)22-12-6-2/h9-10,13H,5-8,11-12H2,1-4H3,(H,20,21)/t18-/m0/s1. The topological polar surface area (TPSA) is 47.6 Å². The van der Waals surface area contributed by atoms with Gasteiger partial charge in [0.25, 0.3) is 5.91 Å². The summed E-state index contributed by atoms with van der Waals surface area (Å²) < 4.78 is 11.2. The van der Waals surface area contributed by atoms with Crippen molar-refractivity contribution in [1.29, 1.82) is 0 Å². The molecule has 0 unspecified atom stereocenters. The molecule has 1 rings (SSSR count). The third kappa shape index (κ3) is 6.04. The summed E-state index contributed by atoms with van der Waals surface area (Å²) in [5, 5.41) is 3.39. The lowest BCUT2D eigenvalue weighted by atomic mass is 9.97. The Kier molecular flexibility index (Phi) is 8.42. The number of nitrogens with one attached hydrogen (secondary N) is 1. The number of rotatable bonds is 10. The molecule has 0 heterocycles. The Labute approximate surface area is 144 Å². The van der Waals surface area contributed by atoms with Gasteiger partial charge in [0.15, 0.2) is 0 Å². The molecule has 0 aromatic heterocycles. The van der Waals surface area contributed by atoms with Crippen molar-refractivity contribution in [2.45, 2.75) is 59.0 Å². The number of hydrogen-bond donors (Lipinski definition) is 1. The van der Waals surface area contributed by atoms with Crippen molar-refractivity contribution in [3.63, 3.8) is 0 Å². The van der Waals surface area contributed by atoms with Crippen molar-refractivity contribution in [1.82, 2.24) is 0 Å². The lowest BCUT2D eigenvalue weighted by Gasteiger charge is -2.28. The van der Waals surface area contributed by atoms with Gasteiger partial charge in [-0.05, 0) is 44.9 Å². The number of amides is 1. The number of ether oxygens (including phenoxy) is 2. The van der Waals surface area contributed by atoms with Crippen LogP contribution >= 0.6 is 11.6 Å². The molecule has 1 amide bonds. The van der Waals surface area contributed by atoms with Gasteiger partial charge in [0.05, 0.1) is 11.6 Å². The van der Waals surface area contributed by atoms with E-state index in [-0.39, 0.29) is 5.91 Å². The molecule has 1 aromatic rings. The SMILES string of the molecule is CCCC[C@](C)(OCC)C(=O)Nc1ccc(OCCC)c(Cl)c1. The number of unbranched alkanes of at least 4 members (excludes halogenated alkanes) is 1. The number of carbonyl (C=O) groups excluding carboxylic acids is 1. The molecule has 1 atom stereocenters. The molecular formula is C18H28ClNO3. The Hall–Kier alpha value is -1.26. The second kappa shape index (κ2) is 9.78. The highest BCUT2D eigenvalue weighted by molar-refractivity contribution is 6.32. The van der Waals surface area contributed by atoms with E-state index in [1.165, 1.54) is 0 Å². The monoisotopic (exact) mass is 341 g/mol. The highest BCUT2D eigenvalue weighted by Gasteiger charge is 2.33. The van der Waals surface area contributed by atoms with Crippen LogP contribution < -0.4 is 10.1 Å². The van der Waals surface area contributed by atoms with E-state index in [0.717, 1.165) is 19.3 Å². The van der Waals surface area contributed by atoms with Gasteiger partial charge in [0.1, 0.15) is 11.4 Å². The summed E-state index contributed by atoms with van der Waals surface area (Å²) in [5.41, 5.74) is -0.180. The first kappa shape index (κ1) is 19.8. The highest BCUT2D eigenvalue weighted by atomic mass is 35.5. The molecular weight excluding hydrogens is 314 g/mol. The van der Waals surface area contributed by atoms with Crippen molar-refractivity contribution in [3.05, 3.63) is 23.2 Å². The third-order valence-electron chi connectivity index (χ3n) is 3.60. The van der Waals surface area contributed by atoms with E-state index in [1.807, 2.05) is 20.8 Å². The van der Waals surface area contributed by atoms with Crippen molar-refractivity contribution >= 4 is 23.2 Å². The average Bonchev–Trinajstić information content (AvgIpc) is 2.52. The first-order valence-corrected chi connectivity index (χ1v) is 8.72. The van der Waals surface area contributed by atoms with Crippen molar-refractivity contribution in [2.75, 3.05) is 18.5 Å². The molecule has 0 aliphatic carbocycles. The second-order valence-corrected chi connectivity index (χ2v) is 6.12. The molecule has 0 saturated carbocycles. The van der Waals surface area contributed by atoms with Crippen LogP contribution in [0, 0.1) is 0 Å². The molecule has 0 bridgehead atoms. The molecule has 0 fully saturated rings. The molecule has 130 valence electrons. The molecule has 23 heavy (non-hydrogen) atoms. The molecule has 0 saturated heterocycles. The maximum absolute atomic E-state index is 12.6. The van der Waals surface area contributed by atoms with Gasteiger partial charge < -0.3 is 14.8 Å². The van der Waals surface area contributed by atoms with Crippen LogP contribution in [0.5, 0.6) is 5.75 Å². The fraction of sp³-hybridized carbons (Fsp3) is 0.611. The van der Waals surface area contributed by atoms with Crippen LogP contribution in [0.3, 0.4) is 0 Å². The molecule has 0 radical (unpaired) electrons. The second-order valence-electron chi connectivity index (χ2n) is 5.72. The minimum atomic E-state index is -0.825. The summed E-state index contributed by atoms with van der Waals surface area (Å²) in [4.78, 5) is 12.6. The maximum atomic E-state index is 12.6. The molecule has 0 spiro atoms. The van der Waals surface area contributed by atoms with Crippen LogP contribution in [-0.4, -0.2) is 24.7 Å². The highest BCUT2D eigenvalue weighted by Crippen LogP contribution is 2.29. The van der Waals surface area contributed by atoms with Crippen LogP contribution in [0.15, 0.2) is 18.2 Å². The van der Waals surface area contributed by atoms with Crippen LogP contribution in [0.4, 0.5) is 5.69 Å². The first-order chi connectivity index (χ1) is 11.0. The van der Waals surface area contributed by atoms with Gasteiger partial charge in [-0.1, -0.05) is 38.3 Å². The van der Waals surface area contributed by atoms with E-state index in [9.17, 15) is 4.79 Å². The lowest BCUT2D eigenvalue weighted by Crippen LogP contribution is -2.42. The van der Waals surface area contributed by atoms with Crippen molar-refractivity contribution < 1.29 is 14.3 Å². The first-order valence-electron chi connectivity index (χ1n) is 8.34. The van der Waals surface area contributed by atoms with E-state index in [0.29, 0.717) is 36.1 Å². The van der Waals surface area contributed by atoms with Crippen molar-refractivity contribution in [2.24, 2.45) is 0 Å². The Morgan fingerprint density at radius 3 is 2.57 bits per heavy atom. The minimum Gasteiger partial charge on any atom is -0.492 e. The Morgan fingerprint density at radius 2 is 2.00 bits per heavy atom. The normalized spacial score (nSPS) is 13.4. The summed E-state index contributed by atoms with van der Waals surface area (Å²) in [6, 6.07) is 5.27. The predicted octanol–water partition coefficient (Wildman–Crippen LogP) is 5.05. The average molecular weight is 342 g/mol. The van der Waals surface area contributed by atoms with E-state index in [1.54, 1.807) is 18.2 Å². The number of carbonyl (C=O) groups is 1. The number of anilines is 1. The zero-order chi connectivity index (χ0) is 17.3. The fourth-order valence-corrected chi connectivity index (χ4v) is 2.49. The van der Waals surface area contributed by atoms with Crippen LogP contribution in [0.1, 0.15) is 53.4 Å². The molecule has 1 N–H and O–H groups in total. The zero-order valence-electron chi connectivity index (χ0n) is 14.6. The smallest absolute Gasteiger partial charge is 0.256 e. The van der Waals surface area contributed by atoms with Gasteiger partial charge in [0, 0.05) is 12.3 Å². The summed E-state index contributed by atoms with van der Waals surface area (Å²) in [5.74, 6) is 0.483. The lowest BCUT2D eigenvalue weighted by molar-refractivity contribution is -0.139. The molecule has 0 aliphatic rings. The van der Waals surface area contributed by atoms with Crippen LogP contribution in [0.2, 0.25) is 5.02 Å². The van der Waals surface area contributed by atoms with E-state index >= 15 is 0 Å². The van der Waals surface area contributed by atoms with Gasteiger partial charge in [-0.15, -0.1) is 0 Å². The van der Waals surface area contributed by atoms with Gasteiger partial charge >= 0.3 is 0 Å². The quantitative estimate of drug-likeness (QED) is 0.647. The van der Waals surface area contributed by atoms with E-state index < -0.39 is 5.60 Å². The van der Waals surface area contributed by atoms with Crippen LogP contribution in [-0.2, 0) is 9.53 Å². The maximum Gasteiger partial charge on any atom is 0.256 e. The fourth-order valence-electron chi connectivity index (χ4n) is 2.25. The molecule has 1 aromatic carbocycles. The molecule has 4 nitrogen and oxygen atoms in total. The van der Waals surface area contributed by atoms with Gasteiger partial charge in [-0.25, -0.2) is 0 Å².